The van der Waals surface area contributed by atoms with Gasteiger partial charge in [0.1, 0.15) is 15.9 Å². The van der Waals surface area contributed by atoms with Crippen LogP contribution in [-0.2, 0) is 0 Å². The summed E-state index contributed by atoms with van der Waals surface area (Å²) < 4.78 is 6.86. The highest BCUT2D eigenvalue weighted by Gasteiger charge is 2.49. The molecule has 0 aliphatic carbocycles. The highest BCUT2D eigenvalue weighted by molar-refractivity contribution is 7.92. The van der Waals surface area contributed by atoms with Gasteiger partial charge in [0.25, 0.3) is 7.49 Å². The Balaban J connectivity index is 2.01. The average Bonchev–Trinajstić information content (AvgIpc) is 2.75. The van der Waals surface area contributed by atoms with Gasteiger partial charge >= 0.3 is 0 Å². The summed E-state index contributed by atoms with van der Waals surface area (Å²) in [6.45, 7) is 0. The van der Waals surface area contributed by atoms with Gasteiger partial charge in [-0.25, -0.2) is 0 Å². The lowest BCUT2D eigenvalue weighted by Crippen LogP contribution is -2.34. The van der Waals surface area contributed by atoms with Crippen LogP contribution >= 0.6 is 42.3 Å². The van der Waals surface area contributed by atoms with Crippen LogP contribution in [-0.4, -0.2) is 0 Å². The molecule has 0 unspecified atom stereocenters. The van der Waals surface area contributed by atoms with Crippen molar-refractivity contribution >= 4 is 58.2 Å². The van der Waals surface area contributed by atoms with Crippen LogP contribution in [0.2, 0.25) is 15.1 Å². The van der Waals surface area contributed by atoms with Crippen LogP contribution in [0.3, 0.4) is 0 Å². The van der Waals surface area contributed by atoms with Gasteiger partial charge in [-0.2, -0.15) is 0 Å². The molecule has 1 nitrogen and oxygen atoms in total. The first-order valence-corrected chi connectivity index (χ1v) is 11.8. The molecule has 0 aliphatic heterocycles. The van der Waals surface area contributed by atoms with Gasteiger partial charge in [-0.05, 0) is 84.9 Å². The number of hydrogen-bond donors (Lipinski definition) is 0. The Hall–Kier alpha value is -2.02. The fourth-order valence-electron chi connectivity index (χ4n) is 3.20. The Labute approximate surface area is 186 Å². The highest BCUT2D eigenvalue weighted by atomic mass is 35.5. The first kappa shape index (κ1) is 20.3. The van der Waals surface area contributed by atoms with Gasteiger partial charge < -0.3 is 4.52 Å². The van der Waals surface area contributed by atoms with Crippen LogP contribution in [0.1, 0.15) is 0 Å². The van der Waals surface area contributed by atoms with E-state index >= 15 is 0 Å². The summed E-state index contributed by atoms with van der Waals surface area (Å²) in [7, 11) is -2.51. The minimum absolute atomic E-state index is 0.679. The van der Waals surface area contributed by atoms with Crippen molar-refractivity contribution in [3.05, 3.63) is 118 Å². The van der Waals surface area contributed by atoms with Gasteiger partial charge in [-0.3, -0.25) is 0 Å². The molecular weight excluding hydrogens is 442 g/mol. The number of para-hydroxylation sites is 1. The largest absolute Gasteiger partial charge is 0.334 e. The average molecular weight is 459 g/mol. The fraction of sp³-hybridized carbons (Fsp3) is 0. The van der Waals surface area contributed by atoms with Crippen LogP contribution in [0.15, 0.2) is 103 Å². The van der Waals surface area contributed by atoms with E-state index in [4.69, 9.17) is 39.3 Å². The summed E-state index contributed by atoms with van der Waals surface area (Å²) in [5.74, 6) is 0.792. The van der Waals surface area contributed by atoms with E-state index < -0.39 is 7.49 Å². The number of rotatable bonds is 5. The molecule has 29 heavy (non-hydrogen) atoms. The second-order valence-electron chi connectivity index (χ2n) is 6.44. The standard InChI is InChI=1S/C24H17Cl3OP/c25-18-6-12-22(13-7-18)29(23-14-8-19(26)9-15-23,24-16-10-20(27)11-17-24)28-21-4-2-1-3-5-21/h1-17H/q+1. The number of benzene rings is 4. The van der Waals surface area contributed by atoms with E-state index in [1.54, 1.807) is 0 Å². The summed E-state index contributed by atoms with van der Waals surface area (Å²) in [5.41, 5.74) is 0. The van der Waals surface area contributed by atoms with Crippen molar-refractivity contribution in [1.29, 1.82) is 0 Å². The van der Waals surface area contributed by atoms with Gasteiger partial charge in [-0.1, -0.05) is 53.0 Å². The first-order valence-electron chi connectivity index (χ1n) is 9.00. The van der Waals surface area contributed by atoms with Crippen molar-refractivity contribution in [1.82, 2.24) is 0 Å². The molecule has 0 fully saturated rings. The zero-order valence-corrected chi connectivity index (χ0v) is 18.5. The van der Waals surface area contributed by atoms with Crippen molar-refractivity contribution in [3.8, 4) is 5.75 Å². The summed E-state index contributed by atoms with van der Waals surface area (Å²) in [6.07, 6.45) is 0. The molecule has 0 saturated heterocycles. The summed E-state index contributed by atoms with van der Waals surface area (Å²) in [6, 6.07) is 33.4. The van der Waals surface area contributed by atoms with Crippen LogP contribution in [0.5, 0.6) is 5.75 Å². The minimum atomic E-state index is -2.51. The maximum absolute atomic E-state index is 6.86. The predicted octanol–water partition coefficient (Wildman–Crippen LogP) is 6.93. The van der Waals surface area contributed by atoms with Crippen molar-refractivity contribution < 1.29 is 4.52 Å². The van der Waals surface area contributed by atoms with E-state index in [2.05, 4.69) is 0 Å². The fourth-order valence-corrected chi connectivity index (χ4v) is 6.93. The zero-order chi connectivity index (χ0) is 20.3. The van der Waals surface area contributed by atoms with E-state index in [1.807, 2.05) is 103 Å². The molecule has 0 spiro atoms. The van der Waals surface area contributed by atoms with E-state index in [1.165, 1.54) is 0 Å². The molecule has 0 atom stereocenters. The number of halogens is 3. The first-order chi connectivity index (χ1) is 14.1. The summed E-state index contributed by atoms with van der Waals surface area (Å²) in [4.78, 5) is 0. The Kier molecular flexibility index (Phi) is 6.13. The summed E-state index contributed by atoms with van der Waals surface area (Å²) >= 11 is 18.6. The van der Waals surface area contributed by atoms with Crippen molar-refractivity contribution in [2.75, 3.05) is 0 Å². The lowest BCUT2D eigenvalue weighted by Gasteiger charge is -2.26. The smallest absolute Gasteiger partial charge is 0.287 e. The molecule has 4 aromatic rings. The quantitative estimate of drug-likeness (QED) is 0.294. The van der Waals surface area contributed by atoms with E-state index in [0.717, 1.165) is 21.7 Å². The molecule has 0 amide bonds. The van der Waals surface area contributed by atoms with Crippen LogP contribution in [0.4, 0.5) is 0 Å². The Morgan fingerprint density at radius 2 is 0.793 bits per heavy atom. The molecule has 4 rings (SSSR count). The monoisotopic (exact) mass is 457 g/mol. The predicted molar refractivity (Wildman–Crippen MR) is 127 cm³/mol. The molecule has 0 saturated carbocycles. The lowest BCUT2D eigenvalue weighted by atomic mass is 10.3. The normalized spacial score (nSPS) is 11.3. The van der Waals surface area contributed by atoms with Gasteiger partial charge in [0.05, 0.1) is 0 Å². The van der Waals surface area contributed by atoms with E-state index in [-0.39, 0.29) is 0 Å². The van der Waals surface area contributed by atoms with Crippen molar-refractivity contribution in [2.24, 2.45) is 0 Å². The zero-order valence-electron chi connectivity index (χ0n) is 15.3. The van der Waals surface area contributed by atoms with Crippen molar-refractivity contribution in [2.45, 2.75) is 0 Å². The molecule has 4 aromatic carbocycles. The molecule has 0 aliphatic rings. The minimum Gasteiger partial charge on any atom is -0.334 e. The van der Waals surface area contributed by atoms with E-state index in [9.17, 15) is 0 Å². The molecule has 0 aromatic heterocycles. The van der Waals surface area contributed by atoms with Crippen molar-refractivity contribution in [3.63, 3.8) is 0 Å². The maximum atomic E-state index is 6.86. The third-order valence-corrected chi connectivity index (χ3v) is 8.87. The molecule has 144 valence electrons. The molecule has 5 heteroatoms. The Bertz CT molecular complexity index is 969. The van der Waals surface area contributed by atoms with Crippen LogP contribution < -0.4 is 20.4 Å². The molecular formula is C24H17Cl3OP+. The second kappa shape index (κ2) is 8.78. The lowest BCUT2D eigenvalue weighted by molar-refractivity contribution is 0.620. The highest BCUT2D eigenvalue weighted by Crippen LogP contribution is 2.56. The molecule has 0 bridgehead atoms. The topological polar surface area (TPSA) is 9.23 Å². The van der Waals surface area contributed by atoms with Gasteiger partial charge in [0, 0.05) is 15.1 Å². The van der Waals surface area contributed by atoms with E-state index in [0.29, 0.717) is 15.1 Å². The molecule has 0 N–H and O–H groups in total. The SMILES string of the molecule is Clc1ccc([P+](Oc2ccccc2)(c2ccc(Cl)cc2)c2ccc(Cl)cc2)cc1. The van der Waals surface area contributed by atoms with Crippen LogP contribution in [0, 0.1) is 0 Å². The van der Waals surface area contributed by atoms with Gasteiger partial charge in [0.2, 0.25) is 0 Å². The van der Waals surface area contributed by atoms with Crippen LogP contribution in [0.25, 0.3) is 0 Å². The maximum Gasteiger partial charge on any atom is 0.287 e. The van der Waals surface area contributed by atoms with Gasteiger partial charge in [0.15, 0.2) is 5.75 Å². The summed E-state index contributed by atoms with van der Waals surface area (Å²) in [5, 5.41) is 5.19. The molecule has 0 heterocycles. The Morgan fingerprint density at radius 1 is 0.448 bits per heavy atom. The third kappa shape index (κ3) is 4.29. The third-order valence-electron chi connectivity index (χ3n) is 4.56. The molecule has 0 radical (unpaired) electrons. The van der Waals surface area contributed by atoms with Gasteiger partial charge in [-0.15, -0.1) is 0 Å². The second-order valence-corrected chi connectivity index (χ2v) is 10.7. The Morgan fingerprint density at radius 3 is 1.14 bits per heavy atom. The number of hydrogen-bond acceptors (Lipinski definition) is 1.